The molecule has 1 aliphatic heterocycles. The summed E-state index contributed by atoms with van der Waals surface area (Å²) in [4.78, 5) is 0.123. The predicted molar refractivity (Wildman–Crippen MR) is 148 cm³/mol. The van der Waals surface area contributed by atoms with Gasteiger partial charge in [0.2, 0.25) is 0 Å². The first kappa shape index (κ1) is 31.8. The summed E-state index contributed by atoms with van der Waals surface area (Å²) in [7, 11) is -1.83. The van der Waals surface area contributed by atoms with Crippen molar-refractivity contribution in [1.82, 2.24) is 5.32 Å². The highest BCUT2D eigenvalue weighted by atomic mass is 35.5. The molecule has 2 N–H and O–H groups in total. The number of aliphatic hydroxyl groups is 1. The number of alkyl halides is 6. The standard InChI is InChI=1S/C28H26ClF6N3O3S/c1-36-14-5-15-42(40,41)21-7-4-6-20(16-21)18-10-12-19(13-11-18)24-17-25(26(39,27(30,31)32)28(33,34)35)37-38(24)23-9-3-2-8-22(23)29/h2-4,6-13,16,24,36,39H,5,14-15,17H2,1H3. The summed E-state index contributed by atoms with van der Waals surface area (Å²) < 4.78 is 108. The Labute approximate surface area is 243 Å². The molecule has 226 valence electrons. The Morgan fingerprint density at radius 3 is 2.19 bits per heavy atom. The van der Waals surface area contributed by atoms with Crippen LogP contribution < -0.4 is 10.3 Å². The molecule has 0 saturated carbocycles. The molecule has 0 bridgehead atoms. The summed E-state index contributed by atoms with van der Waals surface area (Å²) in [5, 5.41) is 17.5. The van der Waals surface area contributed by atoms with Gasteiger partial charge in [-0.05, 0) is 61.0 Å². The summed E-state index contributed by atoms with van der Waals surface area (Å²) in [5.74, 6) is -0.0552. The lowest BCUT2D eigenvalue weighted by Crippen LogP contribution is -2.62. The number of hydrazone groups is 1. The van der Waals surface area contributed by atoms with Crippen LogP contribution in [-0.4, -0.2) is 56.5 Å². The van der Waals surface area contributed by atoms with Crippen LogP contribution >= 0.6 is 11.6 Å². The van der Waals surface area contributed by atoms with Gasteiger partial charge in [-0.1, -0.05) is 60.1 Å². The zero-order chi connectivity index (χ0) is 30.9. The Bertz CT molecular complexity index is 1550. The molecule has 0 spiro atoms. The molecular formula is C28H26ClF6N3O3S. The van der Waals surface area contributed by atoms with Gasteiger partial charge in [0, 0.05) is 6.42 Å². The van der Waals surface area contributed by atoms with Crippen molar-refractivity contribution in [3.05, 3.63) is 83.4 Å². The Hall–Kier alpha value is -3.13. The van der Waals surface area contributed by atoms with Crippen LogP contribution in [0.25, 0.3) is 11.1 Å². The summed E-state index contributed by atoms with van der Waals surface area (Å²) in [6.07, 6.45) is -12.7. The Morgan fingerprint density at radius 2 is 1.60 bits per heavy atom. The molecule has 0 radical (unpaired) electrons. The van der Waals surface area contributed by atoms with Gasteiger partial charge in [0.15, 0.2) is 9.84 Å². The molecule has 0 amide bonds. The molecular weight excluding hydrogens is 608 g/mol. The van der Waals surface area contributed by atoms with E-state index in [1.807, 2.05) is 0 Å². The van der Waals surface area contributed by atoms with Gasteiger partial charge in [-0.2, -0.15) is 31.4 Å². The van der Waals surface area contributed by atoms with Crippen LogP contribution in [0.1, 0.15) is 24.4 Å². The summed E-state index contributed by atoms with van der Waals surface area (Å²) in [6, 6.07) is 17.0. The molecule has 0 fully saturated rings. The van der Waals surface area contributed by atoms with Gasteiger partial charge < -0.3 is 10.4 Å². The number of benzene rings is 3. The largest absolute Gasteiger partial charge is 0.431 e. The fourth-order valence-corrected chi connectivity index (χ4v) is 6.23. The van der Waals surface area contributed by atoms with Gasteiger partial charge in [-0.15, -0.1) is 0 Å². The maximum atomic E-state index is 13.7. The van der Waals surface area contributed by atoms with Gasteiger partial charge in [0.25, 0.3) is 5.60 Å². The van der Waals surface area contributed by atoms with Crippen LogP contribution in [0.15, 0.2) is 82.8 Å². The third-order valence-electron chi connectivity index (χ3n) is 6.91. The topological polar surface area (TPSA) is 82.0 Å². The molecule has 1 unspecified atom stereocenters. The van der Waals surface area contributed by atoms with E-state index in [0.29, 0.717) is 29.7 Å². The van der Waals surface area contributed by atoms with E-state index in [0.717, 1.165) is 5.01 Å². The van der Waals surface area contributed by atoms with E-state index in [-0.39, 0.29) is 21.4 Å². The number of anilines is 1. The average Bonchev–Trinajstić information content (AvgIpc) is 3.37. The first-order valence-electron chi connectivity index (χ1n) is 12.7. The lowest BCUT2D eigenvalue weighted by atomic mass is 9.89. The van der Waals surface area contributed by atoms with Crippen LogP contribution in [0.2, 0.25) is 5.02 Å². The smallest absolute Gasteiger partial charge is 0.369 e. The Balaban J connectivity index is 1.71. The van der Waals surface area contributed by atoms with Crippen LogP contribution in [0, 0.1) is 0 Å². The Morgan fingerprint density at radius 1 is 0.952 bits per heavy atom. The van der Waals surface area contributed by atoms with E-state index in [9.17, 15) is 39.9 Å². The fourth-order valence-electron chi connectivity index (χ4n) is 4.66. The number of hydrogen-bond acceptors (Lipinski definition) is 6. The third-order valence-corrected chi connectivity index (χ3v) is 9.03. The SMILES string of the molecule is CNCCCS(=O)(=O)c1cccc(-c2ccc(C3CC(C(O)(C(F)(F)F)C(F)(F)F)=NN3c3ccccc3Cl)cc2)c1. The molecule has 0 aromatic heterocycles. The van der Waals surface area contributed by atoms with Crippen molar-refractivity contribution in [2.24, 2.45) is 5.10 Å². The van der Waals surface area contributed by atoms with E-state index >= 15 is 0 Å². The first-order chi connectivity index (χ1) is 19.6. The van der Waals surface area contributed by atoms with Crippen molar-refractivity contribution < 1.29 is 39.9 Å². The molecule has 3 aromatic carbocycles. The van der Waals surface area contributed by atoms with Crippen molar-refractivity contribution >= 4 is 32.8 Å². The number of hydrogen-bond donors (Lipinski definition) is 2. The van der Waals surface area contributed by atoms with Crippen molar-refractivity contribution in [2.45, 2.75) is 41.7 Å². The second-order valence-electron chi connectivity index (χ2n) is 9.69. The minimum atomic E-state index is -6.09. The van der Waals surface area contributed by atoms with Crippen LogP contribution in [0.5, 0.6) is 0 Å². The van der Waals surface area contributed by atoms with Gasteiger partial charge in [0.1, 0.15) is 0 Å². The zero-order valence-electron chi connectivity index (χ0n) is 22.0. The van der Waals surface area contributed by atoms with Crippen molar-refractivity contribution in [3.8, 4) is 11.1 Å². The van der Waals surface area contributed by atoms with E-state index in [4.69, 9.17) is 11.6 Å². The van der Waals surface area contributed by atoms with Crippen LogP contribution in [0.4, 0.5) is 32.0 Å². The first-order valence-corrected chi connectivity index (χ1v) is 14.7. The number of para-hydroxylation sites is 1. The predicted octanol–water partition coefficient (Wildman–Crippen LogP) is 6.55. The summed E-state index contributed by atoms with van der Waals surface area (Å²) >= 11 is 6.23. The fraction of sp³-hybridized carbons (Fsp3) is 0.321. The molecule has 6 nitrogen and oxygen atoms in total. The van der Waals surface area contributed by atoms with E-state index in [1.54, 1.807) is 31.3 Å². The Kier molecular flexibility index (Phi) is 8.98. The molecule has 1 heterocycles. The van der Waals surface area contributed by atoms with Gasteiger partial charge in [0.05, 0.1) is 33.1 Å². The number of rotatable bonds is 9. The van der Waals surface area contributed by atoms with Crippen LogP contribution in [-0.2, 0) is 9.84 Å². The highest BCUT2D eigenvalue weighted by Crippen LogP contribution is 2.49. The molecule has 0 saturated heterocycles. The van der Waals surface area contributed by atoms with Gasteiger partial charge in [-0.3, -0.25) is 5.01 Å². The maximum Gasteiger partial charge on any atom is 0.431 e. The molecule has 14 heteroatoms. The van der Waals surface area contributed by atoms with Crippen molar-refractivity contribution in [2.75, 3.05) is 24.4 Å². The highest BCUT2D eigenvalue weighted by molar-refractivity contribution is 7.91. The molecule has 42 heavy (non-hydrogen) atoms. The highest BCUT2D eigenvalue weighted by Gasteiger charge is 2.74. The molecule has 1 atom stereocenters. The lowest BCUT2D eigenvalue weighted by molar-refractivity contribution is -0.338. The molecule has 3 aromatic rings. The number of nitrogens with one attached hydrogen (secondary N) is 1. The van der Waals surface area contributed by atoms with E-state index in [1.165, 1.54) is 48.5 Å². The molecule has 4 rings (SSSR count). The number of sulfone groups is 1. The van der Waals surface area contributed by atoms with E-state index in [2.05, 4.69) is 10.4 Å². The summed E-state index contributed by atoms with van der Waals surface area (Å²) in [5.41, 5.74) is -5.24. The van der Waals surface area contributed by atoms with Crippen molar-refractivity contribution in [3.63, 3.8) is 0 Å². The molecule has 0 aliphatic carbocycles. The van der Waals surface area contributed by atoms with Crippen LogP contribution in [0.3, 0.4) is 0 Å². The minimum Gasteiger partial charge on any atom is -0.369 e. The summed E-state index contributed by atoms with van der Waals surface area (Å²) in [6.45, 7) is 0.529. The molecule has 1 aliphatic rings. The second kappa shape index (κ2) is 11.9. The zero-order valence-corrected chi connectivity index (χ0v) is 23.6. The average molecular weight is 634 g/mol. The van der Waals surface area contributed by atoms with Gasteiger partial charge >= 0.3 is 12.4 Å². The number of halogens is 7. The van der Waals surface area contributed by atoms with Crippen molar-refractivity contribution in [1.29, 1.82) is 0 Å². The quantitative estimate of drug-likeness (QED) is 0.206. The normalized spacial score (nSPS) is 16.5. The minimum absolute atomic E-state index is 0.0272. The lowest BCUT2D eigenvalue weighted by Gasteiger charge is -2.32. The number of nitrogens with zero attached hydrogens (tertiary/aromatic N) is 2. The van der Waals surface area contributed by atoms with E-state index < -0.39 is 46.0 Å². The van der Waals surface area contributed by atoms with Gasteiger partial charge in [-0.25, -0.2) is 8.42 Å². The third kappa shape index (κ3) is 6.14. The maximum absolute atomic E-state index is 13.7. The monoisotopic (exact) mass is 633 g/mol. The second-order valence-corrected chi connectivity index (χ2v) is 12.2.